The number of benzene rings is 2. The third-order valence-corrected chi connectivity index (χ3v) is 3.82. The summed E-state index contributed by atoms with van der Waals surface area (Å²) in [6.07, 6.45) is 1.96. The van der Waals surface area contributed by atoms with Crippen molar-refractivity contribution in [1.82, 2.24) is 0 Å². The molecule has 1 aliphatic carbocycles. The van der Waals surface area contributed by atoms with Crippen molar-refractivity contribution in [3.05, 3.63) is 76.4 Å². The quantitative estimate of drug-likeness (QED) is 0.791. The van der Waals surface area contributed by atoms with Gasteiger partial charge < -0.3 is 4.74 Å². The van der Waals surface area contributed by atoms with Crippen molar-refractivity contribution in [3.63, 3.8) is 0 Å². The molecule has 1 aliphatic rings. The molecule has 0 saturated carbocycles. The van der Waals surface area contributed by atoms with E-state index >= 15 is 0 Å². The maximum absolute atomic E-state index is 12.3. The molecule has 0 aromatic heterocycles. The smallest absolute Gasteiger partial charge is 0.334 e. The number of fused-ring (bicyclic) bond motifs is 1. The summed E-state index contributed by atoms with van der Waals surface area (Å²) in [5.74, 6) is -0.250. The zero-order valence-electron chi connectivity index (χ0n) is 12.3. The lowest BCUT2D eigenvalue weighted by molar-refractivity contribution is -0.138. The maximum atomic E-state index is 12.3. The van der Waals surface area contributed by atoms with Crippen molar-refractivity contribution < 1.29 is 9.53 Å². The molecule has 1 unspecified atom stereocenters. The predicted octanol–water partition coefficient (Wildman–Crippen LogP) is 4.09. The zero-order chi connectivity index (χ0) is 14.8. The molecule has 0 bridgehead atoms. The molecule has 1 atom stereocenters. The lowest BCUT2D eigenvalue weighted by atomic mass is 9.88. The number of aryl methyl sites for hydroxylation is 1. The zero-order valence-corrected chi connectivity index (χ0v) is 12.3. The normalized spacial score (nSPS) is 16.3. The molecule has 2 nitrogen and oxygen atoms in total. The number of carbonyl (C=O) groups excluding carboxylic acids is 1. The maximum Gasteiger partial charge on any atom is 0.334 e. The van der Waals surface area contributed by atoms with Gasteiger partial charge in [0.25, 0.3) is 0 Å². The average Bonchev–Trinajstić information content (AvgIpc) is 2.87. The number of carbonyl (C=O) groups is 1. The third kappa shape index (κ3) is 2.49. The number of ether oxygens (including phenoxy) is 1. The average molecular weight is 278 g/mol. The van der Waals surface area contributed by atoms with Crippen molar-refractivity contribution in [2.24, 2.45) is 0 Å². The molecule has 2 aromatic rings. The van der Waals surface area contributed by atoms with Crippen LogP contribution in [0, 0.1) is 6.92 Å². The number of hydrogen-bond acceptors (Lipinski definition) is 2. The van der Waals surface area contributed by atoms with Crippen LogP contribution in [0.15, 0.2) is 54.1 Å². The second-order valence-electron chi connectivity index (χ2n) is 5.30. The summed E-state index contributed by atoms with van der Waals surface area (Å²) in [6.45, 7) is 4.30. The van der Waals surface area contributed by atoms with E-state index in [9.17, 15) is 4.79 Å². The van der Waals surface area contributed by atoms with Gasteiger partial charge in [0.2, 0.25) is 0 Å². The van der Waals surface area contributed by atoms with Crippen molar-refractivity contribution in [3.8, 4) is 0 Å². The molecule has 0 aliphatic heterocycles. The topological polar surface area (TPSA) is 26.3 Å². The van der Waals surface area contributed by atoms with Crippen LogP contribution in [0.4, 0.5) is 0 Å². The van der Waals surface area contributed by atoms with E-state index in [0.29, 0.717) is 6.61 Å². The van der Waals surface area contributed by atoms with Crippen LogP contribution >= 0.6 is 0 Å². The van der Waals surface area contributed by atoms with E-state index in [0.717, 1.165) is 16.7 Å². The van der Waals surface area contributed by atoms with Crippen molar-refractivity contribution in [2.75, 3.05) is 6.61 Å². The minimum absolute atomic E-state index is 0.0276. The summed E-state index contributed by atoms with van der Waals surface area (Å²) in [5, 5.41) is 0. The Morgan fingerprint density at radius 3 is 2.71 bits per heavy atom. The Morgan fingerprint density at radius 2 is 1.95 bits per heavy atom. The molecule has 3 rings (SSSR count). The van der Waals surface area contributed by atoms with E-state index in [2.05, 4.69) is 31.2 Å². The molecule has 0 spiro atoms. The van der Waals surface area contributed by atoms with Crippen LogP contribution in [-0.2, 0) is 9.53 Å². The van der Waals surface area contributed by atoms with Gasteiger partial charge in [0.1, 0.15) is 0 Å². The van der Waals surface area contributed by atoms with Gasteiger partial charge in [0.15, 0.2) is 0 Å². The highest BCUT2D eigenvalue weighted by molar-refractivity contribution is 5.99. The molecule has 2 aromatic carbocycles. The lowest BCUT2D eigenvalue weighted by Crippen LogP contribution is -2.13. The molecular formula is C19H18O2. The first-order valence-corrected chi connectivity index (χ1v) is 7.25. The Balaban J connectivity index is 2.10. The highest BCUT2D eigenvalue weighted by atomic mass is 16.5. The van der Waals surface area contributed by atoms with Gasteiger partial charge in [-0.1, -0.05) is 54.1 Å². The van der Waals surface area contributed by atoms with E-state index in [1.54, 1.807) is 0 Å². The Hall–Kier alpha value is -2.35. The van der Waals surface area contributed by atoms with Crippen molar-refractivity contribution in [1.29, 1.82) is 0 Å². The molecule has 0 saturated heterocycles. The monoisotopic (exact) mass is 278 g/mol. The number of esters is 1. The summed E-state index contributed by atoms with van der Waals surface area (Å²) in [7, 11) is 0. The van der Waals surface area contributed by atoms with Gasteiger partial charge in [0, 0.05) is 11.5 Å². The van der Waals surface area contributed by atoms with Gasteiger partial charge in [-0.3, -0.25) is 0 Å². The standard InChI is InChI=1S/C19H18O2/c1-3-21-19(20)17-12-14-8-4-5-10-16(14)18(17)15-9-6-7-13(2)11-15/h4-12,18H,3H2,1-2H3. The second-order valence-corrected chi connectivity index (χ2v) is 5.30. The van der Waals surface area contributed by atoms with E-state index < -0.39 is 0 Å². The minimum Gasteiger partial charge on any atom is -0.463 e. The van der Waals surface area contributed by atoms with Gasteiger partial charge in [-0.25, -0.2) is 4.79 Å². The van der Waals surface area contributed by atoms with Gasteiger partial charge in [-0.2, -0.15) is 0 Å². The van der Waals surface area contributed by atoms with Gasteiger partial charge in [-0.15, -0.1) is 0 Å². The van der Waals surface area contributed by atoms with Gasteiger partial charge in [-0.05, 0) is 36.6 Å². The molecule has 0 N–H and O–H groups in total. The second kappa shape index (κ2) is 5.57. The SMILES string of the molecule is CCOC(=O)C1=Cc2ccccc2C1c1cccc(C)c1. The number of rotatable bonds is 3. The molecule has 2 heteroatoms. The highest BCUT2D eigenvalue weighted by Gasteiger charge is 2.31. The molecule has 0 radical (unpaired) electrons. The van der Waals surface area contributed by atoms with E-state index in [4.69, 9.17) is 4.74 Å². The van der Waals surface area contributed by atoms with Crippen LogP contribution in [0.5, 0.6) is 0 Å². The summed E-state index contributed by atoms with van der Waals surface area (Å²) in [5.41, 5.74) is 5.33. The Bertz CT molecular complexity index is 713. The first kappa shape index (κ1) is 13.6. The molecular weight excluding hydrogens is 260 g/mol. The summed E-state index contributed by atoms with van der Waals surface area (Å²) in [6, 6.07) is 16.5. The van der Waals surface area contributed by atoms with Gasteiger partial charge >= 0.3 is 5.97 Å². The van der Waals surface area contributed by atoms with E-state index in [1.807, 2.05) is 37.3 Å². The van der Waals surface area contributed by atoms with Crippen LogP contribution in [0.1, 0.15) is 35.1 Å². The Kier molecular flexibility index (Phi) is 3.61. The Morgan fingerprint density at radius 1 is 1.14 bits per heavy atom. The van der Waals surface area contributed by atoms with Crippen LogP contribution in [0.25, 0.3) is 6.08 Å². The Labute approximate surface area is 125 Å². The fraction of sp³-hybridized carbons (Fsp3) is 0.211. The minimum atomic E-state index is -0.222. The third-order valence-electron chi connectivity index (χ3n) is 3.82. The van der Waals surface area contributed by atoms with Crippen molar-refractivity contribution in [2.45, 2.75) is 19.8 Å². The predicted molar refractivity (Wildman–Crippen MR) is 84.1 cm³/mol. The van der Waals surface area contributed by atoms with Crippen LogP contribution < -0.4 is 0 Å². The summed E-state index contributed by atoms with van der Waals surface area (Å²) in [4.78, 5) is 12.3. The fourth-order valence-corrected chi connectivity index (χ4v) is 2.92. The van der Waals surface area contributed by atoms with Crippen LogP contribution in [-0.4, -0.2) is 12.6 Å². The summed E-state index contributed by atoms with van der Waals surface area (Å²) < 4.78 is 5.23. The highest BCUT2D eigenvalue weighted by Crippen LogP contribution is 2.41. The summed E-state index contributed by atoms with van der Waals surface area (Å²) >= 11 is 0. The molecule has 0 amide bonds. The first-order valence-electron chi connectivity index (χ1n) is 7.25. The molecule has 0 heterocycles. The van der Waals surface area contributed by atoms with E-state index in [-0.39, 0.29) is 11.9 Å². The lowest BCUT2D eigenvalue weighted by Gasteiger charge is -2.17. The van der Waals surface area contributed by atoms with E-state index in [1.165, 1.54) is 11.1 Å². The van der Waals surface area contributed by atoms with Gasteiger partial charge in [0.05, 0.1) is 6.61 Å². The van der Waals surface area contributed by atoms with Crippen LogP contribution in [0.2, 0.25) is 0 Å². The van der Waals surface area contributed by atoms with Crippen LogP contribution in [0.3, 0.4) is 0 Å². The molecule has 21 heavy (non-hydrogen) atoms. The number of hydrogen-bond donors (Lipinski definition) is 0. The molecule has 106 valence electrons. The molecule has 0 fully saturated rings. The largest absolute Gasteiger partial charge is 0.463 e. The fourth-order valence-electron chi connectivity index (χ4n) is 2.92. The van der Waals surface area contributed by atoms with Crippen molar-refractivity contribution >= 4 is 12.0 Å². The first-order chi connectivity index (χ1) is 10.2.